The number of nitro groups is 1. The number of nitrogens with zero attached hydrogens (tertiary/aromatic N) is 3. The first-order valence-corrected chi connectivity index (χ1v) is 9.87. The number of amides is 1. The predicted octanol–water partition coefficient (Wildman–Crippen LogP) is 3.53. The highest BCUT2D eigenvalue weighted by molar-refractivity contribution is 8.19. The van der Waals surface area contributed by atoms with Crippen LogP contribution in [0.5, 0.6) is 0 Å². The van der Waals surface area contributed by atoms with Crippen molar-refractivity contribution < 1.29 is 9.72 Å². The van der Waals surface area contributed by atoms with Crippen molar-refractivity contribution in [2.75, 3.05) is 16.8 Å². The lowest BCUT2D eigenvalue weighted by molar-refractivity contribution is -0.386. The molecule has 1 aromatic heterocycles. The SMILES string of the molecule is Cc1nn(CC(=O)Nc2cccc(C3SCCS3)c2)c(C)c1[N+](=O)[O-]. The van der Waals surface area contributed by atoms with Gasteiger partial charge in [0, 0.05) is 17.2 Å². The number of aryl methyl sites for hydroxylation is 1. The molecule has 1 aromatic carbocycles. The zero-order valence-electron chi connectivity index (χ0n) is 13.9. The van der Waals surface area contributed by atoms with Crippen LogP contribution in [0.15, 0.2) is 24.3 Å². The molecular formula is C16H18N4O3S2. The predicted molar refractivity (Wildman–Crippen MR) is 101 cm³/mol. The highest BCUT2D eigenvalue weighted by Crippen LogP contribution is 2.45. The Hall–Kier alpha value is -2.00. The van der Waals surface area contributed by atoms with Crippen molar-refractivity contribution in [3.05, 3.63) is 51.3 Å². The Bertz CT molecular complexity index is 816. The average Bonchev–Trinajstić information content (AvgIpc) is 3.16. The number of nitrogens with one attached hydrogen (secondary N) is 1. The van der Waals surface area contributed by atoms with Gasteiger partial charge in [0.2, 0.25) is 5.91 Å². The molecule has 1 amide bonds. The molecule has 0 radical (unpaired) electrons. The summed E-state index contributed by atoms with van der Waals surface area (Å²) in [6.07, 6.45) is 0. The summed E-state index contributed by atoms with van der Waals surface area (Å²) in [5, 5.41) is 18.0. The molecule has 1 N–H and O–H groups in total. The first kappa shape index (κ1) is 17.8. The summed E-state index contributed by atoms with van der Waals surface area (Å²) in [5.74, 6) is 2.02. The molecule has 1 aliphatic heterocycles. The third kappa shape index (κ3) is 3.98. The van der Waals surface area contributed by atoms with Gasteiger partial charge in [-0.05, 0) is 31.5 Å². The molecule has 0 unspecified atom stereocenters. The van der Waals surface area contributed by atoms with Gasteiger partial charge >= 0.3 is 5.69 Å². The maximum absolute atomic E-state index is 12.3. The van der Waals surface area contributed by atoms with Gasteiger partial charge in [0.1, 0.15) is 17.9 Å². The van der Waals surface area contributed by atoms with Gasteiger partial charge in [0.25, 0.3) is 0 Å². The summed E-state index contributed by atoms with van der Waals surface area (Å²) in [6.45, 7) is 3.11. The van der Waals surface area contributed by atoms with E-state index in [9.17, 15) is 14.9 Å². The van der Waals surface area contributed by atoms with Crippen LogP contribution in [0.4, 0.5) is 11.4 Å². The van der Waals surface area contributed by atoms with E-state index >= 15 is 0 Å². The number of hydrogen-bond acceptors (Lipinski definition) is 6. The van der Waals surface area contributed by atoms with E-state index in [1.54, 1.807) is 13.8 Å². The van der Waals surface area contributed by atoms with Crippen LogP contribution in [0.25, 0.3) is 0 Å². The monoisotopic (exact) mass is 378 g/mol. The molecule has 2 aromatic rings. The Morgan fingerprint density at radius 1 is 1.40 bits per heavy atom. The van der Waals surface area contributed by atoms with E-state index in [1.165, 1.54) is 10.2 Å². The number of anilines is 1. The number of carbonyl (C=O) groups is 1. The van der Waals surface area contributed by atoms with Gasteiger partial charge in [-0.2, -0.15) is 5.10 Å². The molecular weight excluding hydrogens is 360 g/mol. The maximum Gasteiger partial charge on any atom is 0.312 e. The first-order valence-electron chi connectivity index (χ1n) is 7.77. The Kier molecular flexibility index (Phi) is 5.33. The summed E-state index contributed by atoms with van der Waals surface area (Å²) in [7, 11) is 0. The normalized spacial score (nSPS) is 14.6. The van der Waals surface area contributed by atoms with Crippen LogP contribution in [0, 0.1) is 24.0 Å². The number of hydrogen-bond donors (Lipinski definition) is 1. The summed E-state index contributed by atoms with van der Waals surface area (Å²) in [6, 6.07) is 7.82. The third-order valence-electron chi connectivity index (χ3n) is 3.88. The zero-order chi connectivity index (χ0) is 18.0. The van der Waals surface area contributed by atoms with Gasteiger partial charge < -0.3 is 5.32 Å². The molecule has 1 saturated heterocycles. The fourth-order valence-corrected chi connectivity index (χ4v) is 5.59. The van der Waals surface area contributed by atoms with Crippen LogP contribution in [0.1, 0.15) is 21.5 Å². The molecule has 9 heteroatoms. The Labute approximate surface area is 153 Å². The molecule has 3 rings (SSSR count). The maximum atomic E-state index is 12.3. The standard InChI is InChI=1S/C16H18N4O3S2/c1-10-15(20(22)23)11(2)19(18-10)9-14(21)17-13-5-3-4-12(8-13)16-24-6-7-25-16/h3-5,8,16H,6-7,9H2,1-2H3,(H,17,21). The van der Waals surface area contributed by atoms with E-state index in [4.69, 9.17) is 0 Å². The lowest BCUT2D eigenvalue weighted by atomic mass is 10.2. The van der Waals surface area contributed by atoms with Gasteiger partial charge in [0.05, 0.1) is 9.51 Å². The smallest absolute Gasteiger partial charge is 0.312 e. The molecule has 2 heterocycles. The van der Waals surface area contributed by atoms with Crippen molar-refractivity contribution in [2.45, 2.75) is 25.0 Å². The Morgan fingerprint density at radius 2 is 2.12 bits per heavy atom. The van der Waals surface area contributed by atoms with Crippen LogP contribution >= 0.6 is 23.5 Å². The largest absolute Gasteiger partial charge is 0.324 e. The third-order valence-corrected chi connectivity index (χ3v) is 6.99. The molecule has 0 atom stereocenters. The quantitative estimate of drug-likeness (QED) is 0.632. The van der Waals surface area contributed by atoms with Gasteiger partial charge in [-0.25, -0.2) is 0 Å². The molecule has 0 spiro atoms. The van der Waals surface area contributed by atoms with Crippen LogP contribution in [0.2, 0.25) is 0 Å². The molecule has 0 saturated carbocycles. The van der Waals surface area contributed by atoms with Gasteiger partial charge in [-0.1, -0.05) is 12.1 Å². The molecule has 7 nitrogen and oxygen atoms in total. The van der Waals surface area contributed by atoms with Crippen LogP contribution in [-0.4, -0.2) is 32.1 Å². The topological polar surface area (TPSA) is 90.1 Å². The minimum Gasteiger partial charge on any atom is -0.324 e. The van der Waals surface area contributed by atoms with E-state index in [2.05, 4.69) is 16.5 Å². The van der Waals surface area contributed by atoms with E-state index in [-0.39, 0.29) is 18.1 Å². The van der Waals surface area contributed by atoms with Crippen molar-refractivity contribution in [1.29, 1.82) is 0 Å². The number of rotatable bonds is 5. The van der Waals surface area contributed by atoms with Crippen molar-refractivity contribution in [2.24, 2.45) is 0 Å². The summed E-state index contributed by atoms with van der Waals surface area (Å²) < 4.78 is 1.78. The lowest BCUT2D eigenvalue weighted by Gasteiger charge is -2.11. The van der Waals surface area contributed by atoms with Crippen LogP contribution < -0.4 is 5.32 Å². The highest BCUT2D eigenvalue weighted by atomic mass is 32.2. The molecule has 1 aliphatic rings. The number of benzene rings is 1. The van der Waals surface area contributed by atoms with Gasteiger partial charge in [0.15, 0.2) is 0 Å². The van der Waals surface area contributed by atoms with Crippen LogP contribution in [0.3, 0.4) is 0 Å². The lowest BCUT2D eigenvalue weighted by Crippen LogP contribution is -2.20. The molecule has 1 fully saturated rings. The zero-order valence-corrected chi connectivity index (χ0v) is 15.5. The van der Waals surface area contributed by atoms with E-state index < -0.39 is 4.92 Å². The second-order valence-corrected chi connectivity index (χ2v) is 8.41. The minimum atomic E-state index is -0.466. The summed E-state index contributed by atoms with van der Waals surface area (Å²) >= 11 is 3.81. The van der Waals surface area contributed by atoms with E-state index in [0.29, 0.717) is 16.0 Å². The average molecular weight is 378 g/mol. The Balaban J connectivity index is 1.70. The molecule has 25 heavy (non-hydrogen) atoms. The fourth-order valence-electron chi connectivity index (χ4n) is 2.76. The molecule has 132 valence electrons. The second-order valence-electron chi connectivity index (χ2n) is 5.68. The minimum absolute atomic E-state index is 0.0370. The summed E-state index contributed by atoms with van der Waals surface area (Å²) in [5.41, 5.74) is 2.57. The van der Waals surface area contributed by atoms with E-state index in [1.807, 2.05) is 41.7 Å². The van der Waals surface area contributed by atoms with Crippen molar-refractivity contribution in [3.63, 3.8) is 0 Å². The van der Waals surface area contributed by atoms with Crippen LogP contribution in [-0.2, 0) is 11.3 Å². The van der Waals surface area contributed by atoms with Crippen molar-refractivity contribution >= 4 is 40.8 Å². The summed E-state index contributed by atoms with van der Waals surface area (Å²) in [4.78, 5) is 22.9. The van der Waals surface area contributed by atoms with Gasteiger partial charge in [-0.3, -0.25) is 19.6 Å². The Morgan fingerprint density at radius 3 is 2.76 bits per heavy atom. The van der Waals surface area contributed by atoms with E-state index in [0.717, 1.165) is 17.2 Å². The second kappa shape index (κ2) is 7.49. The van der Waals surface area contributed by atoms with Gasteiger partial charge in [-0.15, -0.1) is 23.5 Å². The fraction of sp³-hybridized carbons (Fsp3) is 0.375. The molecule has 0 aliphatic carbocycles. The molecule has 0 bridgehead atoms. The number of aromatic nitrogens is 2. The van der Waals surface area contributed by atoms with Crippen molar-refractivity contribution in [3.8, 4) is 0 Å². The number of thioether (sulfide) groups is 2. The number of carbonyl (C=O) groups excluding carboxylic acids is 1. The first-order chi connectivity index (χ1) is 12.0. The van der Waals surface area contributed by atoms with Crippen molar-refractivity contribution in [1.82, 2.24) is 9.78 Å². The highest BCUT2D eigenvalue weighted by Gasteiger charge is 2.23.